The van der Waals surface area contributed by atoms with E-state index in [1.54, 1.807) is 18.0 Å². The van der Waals surface area contributed by atoms with Crippen molar-refractivity contribution in [3.8, 4) is 22.7 Å². The van der Waals surface area contributed by atoms with Gasteiger partial charge in [0.25, 0.3) is 0 Å². The zero-order valence-corrected chi connectivity index (χ0v) is 11.6. The van der Waals surface area contributed by atoms with E-state index in [1.807, 2.05) is 54.6 Å². The summed E-state index contributed by atoms with van der Waals surface area (Å²) in [6, 6.07) is 17.3. The quantitative estimate of drug-likeness (QED) is 0.687. The van der Waals surface area contributed by atoms with Crippen molar-refractivity contribution in [1.82, 2.24) is 9.78 Å². The predicted octanol–water partition coefficient (Wildman–Crippen LogP) is 3.36. The van der Waals surface area contributed by atoms with Crippen LogP contribution in [-0.4, -0.2) is 23.2 Å². The maximum atomic E-state index is 11.3. The van der Waals surface area contributed by atoms with Crippen molar-refractivity contribution in [2.45, 2.75) is 0 Å². The van der Waals surface area contributed by atoms with Gasteiger partial charge < -0.3 is 4.74 Å². The van der Waals surface area contributed by atoms with Crippen LogP contribution < -0.4 is 4.74 Å². The van der Waals surface area contributed by atoms with Crippen LogP contribution in [0.15, 0.2) is 60.8 Å². The third-order valence-electron chi connectivity index (χ3n) is 3.29. The predicted molar refractivity (Wildman–Crippen MR) is 80.9 cm³/mol. The Morgan fingerprint density at radius 3 is 2.48 bits per heavy atom. The van der Waals surface area contributed by atoms with Crippen LogP contribution in [0.2, 0.25) is 0 Å². The second kappa shape index (κ2) is 5.63. The zero-order valence-electron chi connectivity index (χ0n) is 11.6. The molecule has 0 atom stereocenters. The first-order valence-corrected chi connectivity index (χ1v) is 6.57. The van der Waals surface area contributed by atoms with Crippen LogP contribution in [0.5, 0.6) is 5.75 Å². The van der Waals surface area contributed by atoms with Gasteiger partial charge in [0.15, 0.2) is 6.29 Å². The van der Waals surface area contributed by atoms with Crippen molar-refractivity contribution in [2.24, 2.45) is 0 Å². The molecular formula is C17H14N2O2. The minimum Gasteiger partial charge on any atom is -0.494 e. The van der Waals surface area contributed by atoms with Gasteiger partial charge in [0.05, 0.1) is 24.6 Å². The molecule has 2 aromatic carbocycles. The zero-order chi connectivity index (χ0) is 14.7. The summed E-state index contributed by atoms with van der Waals surface area (Å²) in [5.74, 6) is 0.704. The monoisotopic (exact) mass is 278 g/mol. The molecule has 0 radical (unpaired) electrons. The minimum absolute atomic E-state index is 0.548. The van der Waals surface area contributed by atoms with E-state index in [1.165, 1.54) is 0 Å². The SMILES string of the molecule is COc1ccccc1-n1ncc(C=O)c1-c1ccccc1. The first-order chi connectivity index (χ1) is 10.3. The van der Waals surface area contributed by atoms with E-state index in [0.717, 1.165) is 23.2 Å². The van der Waals surface area contributed by atoms with Gasteiger partial charge >= 0.3 is 0 Å². The Bertz CT molecular complexity index is 763. The number of benzene rings is 2. The van der Waals surface area contributed by atoms with Gasteiger partial charge in [-0.1, -0.05) is 42.5 Å². The number of carbonyl (C=O) groups is 1. The van der Waals surface area contributed by atoms with Crippen molar-refractivity contribution in [1.29, 1.82) is 0 Å². The topological polar surface area (TPSA) is 44.1 Å². The number of nitrogens with zero attached hydrogens (tertiary/aromatic N) is 2. The Morgan fingerprint density at radius 2 is 1.76 bits per heavy atom. The molecule has 0 aliphatic rings. The first-order valence-electron chi connectivity index (χ1n) is 6.57. The van der Waals surface area contributed by atoms with Crippen LogP contribution in [-0.2, 0) is 0 Å². The normalized spacial score (nSPS) is 10.3. The molecule has 104 valence electrons. The molecule has 0 aliphatic carbocycles. The number of hydrogen-bond donors (Lipinski definition) is 0. The van der Waals surface area contributed by atoms with Crippen molar-refractivity contribution >= 4 is 6.29 Å². The second-order valence-corrected chi connectivity index (χ2v) is 4.52. The fourth-order valence-electron chi connectivity index (χ4n) is 2.32. The second-order valence-electron chi connectivity index (χ2n) is 4.52. The van der Waals surface area contributed by atoms with E-state index in [2.05, 4.69) is 5.10 Å². The molecule has 0 fully saturated rings. The molecule has 0 unspecified atom stereocenters. The number of methoxy groups -OCH3 is 1. The lowest BCUT2D eigenvalue weighted by Gasteiger charge is -2.12. The average molecular weight is 278 g/mol. The van der Waals surface area contributed by atoms with E-state index < -0.39 is 0 Å². The summed E-state index contributed by atoms with van der Waals surface area (Å²) >= 11 is 0. The van der Waals surface area contributed by atoms with Gasteiger partial charge in [0.1, 0.15) is 11.4 Å². The highest BCUT2D eigenvalue weighted by Gasteiger charge is 2.16. The number of ether oxygens (including phenoxy) is 1. The molecule has 4 nitrogen and oxygen atoms in total. The summed E-state index contributed by atoms with van der Waals surface area (Å²) < 4.78 is 7.12. The number of carbonyl (C=O) groups excluding carboxylic acids is 1. The molecule has 1 heterocycles. The van der Waals surface area contributed by atoms with Crippen LogP contribution in [0, 0.1) is 0 Å². The third kappa shape index (κ3) is 2.31. The smallest absolute Gasteiger partial charge is 0.153 e. The third-order valence-corrected chi connectivity index (χ3v) is 3.29. The van der Waals surface area contributed by atoms with Crippen molar-refractivity contribution in [3.05, 3.63) is 66.4 Å². The molecule has 0 bridgehead atoms. The van der Waals surface area contributed by atoms with E-state index >= 15 is 0 Å². The number of rotatable bonds is 4. The number of aromatic nitrogens is 2. The Kier molecular flexibility index (Phi) is 3.51. The molecule has 3 aromatic rings. The van der Waals surface area contributed by atoms with Gasteiger partial charge in [-0.2, -0.15) is 5.10 Å². The summed E-state index contributed by atoms with van der Waals surface area (Å²) in [5, 5.41) is 4.35. The molecule has 0 saturated carbocycles. The van der Waals surface area contributed by atoms with Crippen LogP contribution in [0.3, 0.4) is 0 Å². The Labute approximate surface area is 122 Å². The fraction of sp³-hybridized carbons (Fsp3) is 0.0588. The van der Waals surface area contributed by atoms with Gasteiger partial charge in [-0.3, -0.25) is 4.79 Å². The minimum atomic E-state index is 0.548. The molecule has 0 saturated heterocycles. The van der Waals surface area contributed by atoms with Crippen LogP contribution in [0.25, 0.3) is 16.9 Å². The van der Waals surface area contributed by atoms with Crippen molar-refractivity contribution < 1.29 is 9.53 Å². The number of aldehydes is 1. The summed E-state index contributed by atoms with van der Waals surface area (Å²) in [5.41, 5.74) is 3.04. The molecule has 4 heteroatoms. The fourth-order valence-corrected chi connectivity index (χ4v) is 2.32. The van der Waals surface area contributed by atoms with Gasteiger partial charge in [-0.15, -0.1) is 0 Å². The number of hydrogen-bond acceptors (Lipinski definition) is 3. The van der Waals surface area contributed by atoms with Crippen LogP contribution in [0.4, 0.5) is 0 Å². The van der Waals surface area contributed by atoms with Gasteiger partial charge in [-0.25, -0.2) is 4.68 Å². The lowest BCUT2D eigenvalue weighted by Crippen LogP contribution is -2.02. The van der Waals surface area contributed by atoms with Gasteiger partial charge in [0.2, 0.25) is 0 Å². The van der Waals surface area contributed by atoms with E-state index in [4.69, 9.17) is 4.74 Å². The van der Waals surface area contributed by atoms with Crippen molar-refractivity contribution in [3.63, 3.8) is 0 Å². The molecule has 0 amide bonds. The van der Waals surface area contributed by atoms with E-state index in [0.29, 0.717) is 11.3 Å². The lowest BCUT2D eigenvalue weighted by atomic mass is 10.1. The maximum absolute atomic E-state index is 11.3. The van der Waals surface area contributed by atoms with Gasteiger partial charge in [0, 0.05) is 5.56 Å². The number of para-hydroxylation sites is 2. The summed E-state index contributed by atoms with van der Waals surface area (Å²) in [6.45, 7) is 0. The molecule has 1 aromatic heterocycles. The summed E-state index contributed by atoms with van der Waals surface area (Å²) in [7, 11) is 1.62. The molecule has 0 N–H and O–H groups in total. The molecular weight excluding hydrogens is 264 g/mol. The first kappa shape index (κ1) is 13.1. The average Bonchev–Trinajstić information content (AvgIpc) is 2.99. The van der Waals surface area contributed by atoms with E-state index in [9.17, 15) is 4.79 Å². The Hall–Kier alpha value is -2.88. The largest absolute Gasteiger partial charge is 0.494 e. The standard InChI is InChI=1S/C17H14N2O2/c1-21-16-10-6-5-9-15(16)19-17(14(12-20)11-18-19)13-7-3-2-4-8-13/h2-12H,1H3. The summed E-state index contributed by atoms with van der Waals surface area (Å²) in [4.78, 5) is 11.3. The Balaban J connectivity index is 2.25. The lowest BCUT2D eigenvalue weighted by molar-refractivity contribution is 0.112. The molecule has 21 heavy (non-hydrogen) atoms. The van der Waals surface area contributed by atoms with Gasteiger partial charge in [-0.05, 0) is 12.1 Å². The highest BCUT2D eigenvalue weighted by atomic mass is 16.5. The molecule has 0 aliphatic heterocycles. The van der Waals surface area contributed by atoms with Crippen LogP contribution in [0.1, 0.15) is 10.4 Å². The summed E-state index contributed by atoms with van der Waals surface area (Å²) in [6.07, 6.45) is 2.39. The highest BCUT2D eigenvalue weighted by Crippen LogP contribution is 2.29. The molecule has 3 rings (SSSR count). The molecule has 0 spiro atoms. The van der Waals surface area contributed by atoms with Crippen LogP contribution >= 0.6 is 0 Å². The maximum Gasteiger partial charge on any atom is 0.153 e. The highest BCUT2D eigenvalue weighted by molar-refractivity contribution is 5.86. The van der Waals surface area contributed by atoms with E-state index in [-0.39, 0.29) is 0 Å². The van der Waals surface area contributed by atoms with Crippen molar-refractivity contribution in [2.75, 3.05) is 7.11 Å². The Morgan fingerprint density at radius 1 is 1.05 bits per heavy atom.